The maximum atomic E-state index is 13.1. The first-order chi connectivity index (χ1) is 10.1. The van der Waals surface area contributed by atoms with E-state index in [0.717, 1.165) is 30.1 Å². The van der Waals surface area contributed by atoms with Crippen molar-refractivity contribution in [1.82, 2.24) is 0 Å². The van der Waals surface area contributed by atoms with Gasteiger partial charge in [0.1, 0.15) is 11.6 Å². The van der Waals surface area contributed by atoms with Crippen LogP contribution in [-0.4, -0.2) is 13.2 Å². The molecule has 0 aliphatic carbocycles. The predicted molar refractivity (Wildman–Crippen MR) is 85.7 cm³/mol. The molecule has 0 heterocycles. The van der Waals surface area contributed by atoms with Gasteiger partial charge >= 0.3 is 0 Å². The van der Waals surface area contributed by atoms with Gasteiger partial charge in [0, 0.05) is 35.7 Å². The summed E-state index contributed by atoms with van der Waals surface area (Å²) >= 11 is 0. The van der Waals surface area contributed by atoms with E-state index in [1.54, 1.807) is 12.1 Å². The Morgan fingerprint density at radius 1 is 1.05 bits per heavy atom. The third-order valence-electron chi connectivity index (χ3n) is 3.15. The van der Waals surface area contributed by atoms with E-state index < -0.39 is 0 Å². The molecule has 0 aliphatic heterocycles. The molecule has 4 heteroatoms. The number of benzene rings is 2. The van der Waals surface area contributed by atoms with Crippen LogP contribution in [0, 0.1) is 5.82 Å². The second kappa shape index (κ2) is 6.97. The second-order valence-corrected chi connectivity index (χ2v) is 4.83. The molecule has 0 spiro atoms. The van der Waals surface area contributed by atoms with Crippen molar-refractivity contribution in [3.63, 3.8) is 0 Å². The van der Waals surface area contributed by atoms with Crippen molar-refractivity contribution in [2.75, 3.05) is 23.8 Å². The molecule has 0 bridgehead atoms. The van der Waals surface area contributed by atoms with Crippen LogP contribution in [0.25, 0.3) is 0 Å². The van der Waals surface area contributed by atoms with E-state index in [1.165, 1.54) is 12.1 Å². The largest absolute Gasteiger partial charge is 0.493 e. The highest BCUT2D eigenvalue weighted by Gasteiger charge is 2.10. The van der Waals surface area contributed by atoms with Crippen molar-refractivity contribution in [1.29, 1.82) is 0 Å². The monoisotopic (exact) mass is 288 g/mol. The van der Waals surface area contributed by atoms with Crippen LogP contribution >= 0.6 is 0 Å². The Bertz CT molecular complexity index is 584. The summed E-state index contributed by atoms with van der Waals surface area (Å²) in [5.74, 6) is 0.516. The van der Waals surface area contributed by atoms with Crippen LogP contribution in [0.2, 0.25) is 0 Å². The number of ether oxygens (including phenoxy) is 1. The minimum atomic E-state index is -0.241. The van der Waals surface area contributed by atoms with Gasteiger partial charge in [-0.2, -0.15) is 0 Å². The number of hydrogen-bond acceptors (Lipinski definition) is 3. The third kappa shape index (κ3) is 3.88. The van der Waals surface area contributed by atoms with Crippen LogP contribution in [0.1, 0.15) is 20.3 Å². The number of nitrogen functional groups attached to an aromatic ring is 1. The van der Waals surface area contributed by atoms with Crippen LogP contribution in [0.5, 0.6) is 5.75 Å². The molecule has 0 aliphatic rings. The molecule has 3 nitrogen and oxygen atoms in total. The minimum absolute atomic E-state index is 0.241. The lowest BCUT2D eigenvalue weighted by Gasteiger charge is -2.24. The molecule has 0 unspecified atom stereocenters. The fourth-order valence-corrected chi connectivity index (χ4v) is 2.20. The summed E-state index contributed by atoms with van der Waals surface area (Å²) in [4.78, 5) is 2.06. The summed E-state index contributed by atoms with van der Waals surface area (Å²) in [6.07, 6.45) is 0.944. The molecule has 0 radical (unpaired) electrons. The maximum Gasteiger partial charge on any atom is 0.123 e. The second-order valence-electron chi connectivity index (χ2n) is 4.83. The smallest absolute Gasteiger partial charge is 0.123 e. The number of nitrogens with zero attached hydrogens (tertiary/aromatic N) is 1. The zero-order chi connectivity index (χ0) is 15.2. The lowest BCUT2D eigenvalue weighted by Crippen LogP contribution is -2.16. The molecular weight excluding hydrogens is 267 g/mol. The standard InChI is InChI=1S/C17H21FN2O/c1-3-9-21-17-11-14(19)10-16(12-17)20(4-2)15-7-5-13(18)6-8-15/h5-8,10-12H,3-4,9,19H2,1-2H3. The first kappa shape index (κ1) is 15.2. The van der Waals surface area contributed by atoms with Crippen molar-refractivity contribution in [3.05, 3.63) is 48.3 Å². The van der Waals surface area contributed by atoms with Gasteiger partial charge < -0.3 is 15.4 Å². The Labute approximate surface area is 125 Å². The zero-order valence-electron chi connectivity index (χ0n) is 12.5. The van der Waals surface area contributed by atoms with Crippen LogP contribution in [0.3, 0.4) is 0 Å². The first-order valence-corrected chi connectivity index (χ1v) is 7.20. The Morgan fingerprint density at radius 2 is 1.76 bits per heavy atom. The van der Waals surface area contributed by atoms with E-state index in [-0.39, 0.29) is 5.82 Å². The SMILES string of the molecule is CCCOc1cc(N)cc(N(CC)c2ccc(F)cc2)c1. The molecular formula is C17H21FN2O. The average Bonchev–Trinajstić information content (AvgIpc) is 2.47. The third-order valence-corrected chi connectivity index (χ3v) is 3.15. The van der Waals surface area contributed by atoms with Crippen LogP contribution in [-0.2, 0) is 0 Å². The fourth-order valence-electron chi connectivity index (χ4n) is 2.20. The summed E-state index contributed by atoms with van der Waals surface area (Å²) in [6, 6.07) is 12.1. The van der Waals surface area contributed by atoms with Crippen LogP contribution < -0.4 is 15.4 Å². The highest BCUT2D eigenvalue weighted by molar-refractivity contribution is 5.68. The Balaban J connectivity index is 2.32. The molecule has 0 aromatic heterocycles. The zero-order valence-corrected chi connectivity index (χ0v) is 12.5. The molecule has 2 aromatic rings. The Kier molecular flexibility index (Phi) is 5.04. The summed E-state index contributed by atoms with van der Waals surface area (Å²) in [6.45, 7) is 5.51. The fraction of sp³-hybridized carbons (Fsp3) is 0.294. The van der Waals surface area contributed by atoms with Gasteiger partial charge in [-0.05, 0) is 43.7 Å². The van der Waals surface area contributed by atoms with Crippen molar-refractivity contribution < 1.29 is 9.13 Å². The molecule has 0 saturated heterocycles. The van der Waals surface area contributed by atoms with Gasteiger partial charge in [-0.1, -0.05) is 6.92 Å². The topological polar surface area (TPSA) is 38.5 Å². The van der Waals surface area contributed by atoms with E-state index >= 15 is 0 Å². The summed E-state index contributed by atoms with van der Waals surface area (Å²) < 4.78 is 18.7. The molecule has 2 rings (SSSR count). The van der Waals surface area contributed by atoms with E-state index in [4.69, 9.17) is 10.5 Å². The number of nitrogens with two attached hydrogens (primary N) is 1. The van der Waals surface area contributed by atoms with E-state index in [9.17, 15) is 4.39 Å². The summed E-state index contributed by atoms with van der Waals surface area (Å²) in [7, 11) is 0. The van der Waals surface area contributed by atoms with E-state index in [2.05, 4.69) is 11.8 Å². The number of halogens is 1. The quantitative estimate of drug-likeness (QED) is 0.803. The normalized spacial score (nSPS) is 10.4. The van der Waals surface area contributed by atoms with E-state index in [1.807, 2.05) is 25.1 Å². The van der Waals surface area contributed by atoms with Crippen molar-refractivity contribution >= 4 is 17.1 Å². The summed E-state index contributed by atoms with van der Waals surface area (Å²) in [5.41, 5.74) is 8.47. The minimum Gasteiger partial charge on any atom is -0.493 e. The van der Waals surface area contributed by atoms with Gasteiger partial charge in [0.15, 0.2) is 0 Å². The molecule has 0 fully saturated rings. The van der Waals surface area contributed by atoms with Gasteiger partial charge in [0.05, 0.1) is 6.61 Å². The first-order valence-electron chi connectivity index (χ1n) is 7.20. The molecule has 2 aromatic carbocycles. The molecule has 112 valence electrons. The maximum absolute atomic E-state index is 13.1. The van der Waals surface area contributed by atoms with Gasteiger partial charge in [-0.3, -0.25) is 0 Å². The number of anilines is 3. The predicted octanol–water partition coefficient (Wildman–Crippen LogP) is 4.35. The summed E-state index contributed by atoms with van der Waals surface area (Å²) in [5, 5.41) is 0. The Hall–Kier alpha value is -2.23. The highest BCUT2D eigenvalue weighted by Crippen LogP contribution is 2.31. The van der Waals surface area contributed by atoms with Crippen LogP contribution in [0.4, 0.5) is 21.5 Å². The molecule has 0 atom stereocenters. The Morgan fingerprint density at radius 3 is 2.38 bits per heavy atom. The van der Waals surface area contributed by atoms with E-state index in [0.29, 0.717) is 12.3 Å². The van der Waals surface area contributed by atoms with Gasteiger partial charge in [0.2, 0.25) is 0 Å². The number of rotatable bonds is 6. The van der Waals surface area contributed by atoms with Gasteiger partial charge in [-0.15, -0.1) is 0 Å². The lowest BCUT2D eigenvalue weighted by atomic mass is 10.2. The van der Waals surface area contributed by atoms with Crippen LogP contribution in [0.15, 0.2) is 42.5 Å². The molecule has 21 heavy (non-hydrogen) atoms. The van der Waals surface area contributed by atoms with Gasteiger partial charge in [0.25, 0.3) is 0 Å². The van der Waals surface area contributed by atoms with Gasteiger partial charge in [-0.25, -0.2) is 4.39 Å². The number of hydrogen-bond donors (Lipinski definition) is 1. The molecule has 0 amide bonds. The van der Waals surface area contributed by atoms with Crippen molar-refractivity contribution in [2.24, 2.45) is 0 Å². The lowest BCUT2D eigenvalue weighted by molar-refractivity contribution is 0.317. The molecule has 2 N–H and O–H groups in total. The molecule has 0 saturated carbocycles. The van der Waals surface area contributed by atoms with Crippen molar-refractivity contribution in [2.45, 2.75) is 20.3 Å². The average molecular weight is 288 g/mol. The highest BCUT2D eigenvalue weighted by atomic mass is 19.1. The van der Waals surface area contributed by atoms with Crippen molar-refractivity contribution in [3.8, 4) is 5.75 Å².